The van der Waals surface area contributed by atoms with Crippen molar-refractivity contribution in [3.63, 3.8) is 0 Å². The number of amides is 1. The normalized spacial score (nSPS) is 20.4. The van der Waals surface area contributed by atoms with Crippen molar-refractivity contribution in [2.45, 2.75) is 37.0 Å². The number of sulfonamides is 1. The molecule has 1 aromatic rings. The summed E-state index contributed by atoms with van der Waals surface area (Å²) in [5.74, 6) is -0.413. The van der Waals surface area contributed by atoms with Crippen LogP contribution in [0.3, 0.4) is 0 Å². The highest BCUT2D eigenvalue weighted by Gasteiger charge is 2.33. The lowest BCUT2D eigenvalue weighted by Crippen LogP contribution is -2.55. The van der Waals surface area contributed by atoms with Gasteiger partial charge in [-0.1, -0.05) is 6.07 Å². The number of nitrogens with zero attached hydrogens (tertiary/aromatic N) is 1. The molecular formula is C15H20F3N3O3S. The van der Waals surface area contributed by atoms with E-state index >= 15 is 0 Å². The van der Waals surface area contributed by atoms with Gasteiger partial charge >= 0.3 is 6.18 Å². The molecule has 6 nitrogen and oxygen atoms in total. The van der Waals surface area contributed by atoms with Crippen molar-refractivity contribution in [1.29, 1.82) is 0 Å². The van der Waals surface area contributed by atoms with Crippen molar-refractivity contribution in [3.8, 4) is 0 Å². The molecule has 2 N–H and O–H groups in total. The fourth-order valence-electron chi connectivity index (χ4n) is 2.60. The summed E-state index contributed by atoms with van der Waals surface area (Å²) in [5, 5.41) is 3.16. The van der Waals surface area contributed by atoms with Crippen LogP contribution in [0.2, 0.25) is 0 Å². The van der Waals surface area contributed by atoms with E-state index in [0.717, 1.165) is 18.2 Å². The van der Waals surface area contributed by atoms with Gasteiger partial charge in [-0.15, -0.1) is 0 Å². The number of rotatable bonds is 4. The number of carbonyl (C=O) groups excluding carboxylic acids is 1. The van der Waals surface area contributed by atoms with Crippen LogP contribution in [0.5, 0.6) is 0 Å². The molecule has 0 radical (unpaired) electrons. The number of hydrogen-bond acceptors (Lipinski definition) is 4. The number of benzene rings is 1. The highest BCUT2D eigenvalue weighted by Crippen LogP contribution is 2.30. The molecule has 1 amide bonds. The van der Waals surface area contributed by atoms with Gasteiger partial charge in [-0.05, 0) is 32.0 Å². The highest BCUT2D eigenvalue weighted by atomic mass is 32.2. The molecule has 140 valence electrons. The Bertz CT molecular complexity index is 737. The van der Waals surface area contributed by atoms with Gasteiger partial charge in [0.05, 0.1) is 16.5 Å². The number of piperazine rings is 1. The number of hydrogen-bond donors (Lipinski definition) is 2. The van der Waals surface area contributed by atoms with E-state index in [1.54, 1.807) is 0 Å². The van der Waals surface area contributed by atoms with Crippen LogP contribution in [0.25, 0.3) is 0 Å². The number of nitrogens with one attached hydrogen (secondary N) is 2. The second-order valence-corrected chi connectivity index (χ2v) is 7.72. The Labute approximate surface area is 144 Å². The molecule has 25 heavy (non-hydrogen) atoms. The molecule has 1 fully saturated rings. The van der Waals surface area contributed by atoms with Gasteiger partial charge in [0.15, 0.2) is 0 Å². The summed E-state index contributed by atoms with van der Waals surface area (Å²) in [6, 6.07) is 2.42. The van der Waals surface area contributed by atoms with Crippen LogP contribution in [0.1, 0.15) is 19.4 Å². The fraction of sp³-hybridized carbons (Fsp3) is 0.533. The van der Waals surface area contributed by atoms with Gasteiger partial charge < -0.3 is 10.2 Å². The standard InChI is InChI=1S/C15H20F3N3O3S/c1-10-9-21(7-6-19-10)14(22)11(2)20-25(23,24)13-5-3-4-12(8-13)15(16,17)18/h3-5,8,10-11,19-20H,6-7,9H2,1-2H3/t10-,11?/m1/s1. The largest absolute Gasteiger partial charge is 0.416 e. The van der Waals surface area contributed by atoms with Crippen LogP contribution in [-0.2, 0) is 21.0 Å². The molecule has 1 aliphatic heterocycles. The first-order valence-electron chi connectivity index (χ1n) is 7.72. The molecule has 0 saturated carbocycles. The van der Waals surface area contributed by atoms with Crippen LogP contribution in [-0.4, -0.2) is 50.9 Å². The minimum atomic E-state index is -4.65. The number of halogens is 3. The Kier molecular flexibility index (Phi) is 5.75. The van der Waals surface area contributed by atoms with Crippen molar-refractivity contribution in [3.05, 3.63) is 29.8 Å². The predicted octanol–water partition coefficient (Wildman–Crippen LogP) is 1.19. The minimum absolute atomic E-state index is 0.0879. The second-order valence-electron chi connectivity index (χ2n) is 6.01. The predicted molar refractivity (Wildman–Crippen MR) is 85.3 cm³/mol. The Morgan fingerprint density at radius 3 is 2.68 bits per heavy atom. The third-order valence-corrected chi connectivity index (χ3v) is 5.39. The number of carbonyl (C=O) groups is 1. The first kappa shape index (κ1) is 19.7. The van der Waals surface area contributed by atoms with E-state index in [4.69, 9.17) is 0 Å². The molecule has 10 heteroatoms. The van der Waals surface area contributed by atoms with E-state index < -0.39 is 38.6 Å². The third kappa shape index (κ3) is 4.93. The van der Waals surface area contributed by atoms with E-state index in [1.807, 2.05) is 6.92 Å². The minimum Gasteiger partial charge on any atom is -0.338 e. The van der Waals surface area contributed by atoms with Crippen molar-refractivity contribution < 1.29 is 26.4 Å². The molecule has 0 aliphatic carbocycles. The van der Waals surface area contributed by atoms with E-state index in [1.165, 1.54) is 11.8 Å². The van der Waals surface area contributed by atoms with Gasteiger partial charge in [0.2, 0.25) is 15.9 Å². The average Bonchev–Trinajstić information content (AvgIpc) is 2.53. The lowest BCUT2D eigenvalue weighted by atomic mass is 10.2. The smallest absolute Gasteiger partial charge is 0.338 e. The van der Waals surface area contributed by atoms with Crippen molar-refractivity contribution in [1.82, 2.24) is 14.9 Å². The fourth-order valence-corrected chi connectivity index (χ4v) is 3.84. The van der Waals surface area contributed by atoms with Crippen molar-refractivity contribution in [2.24, 2.45) is 0 Å². The molecular weight excluding hydrogens is 359 g/mol. The zero-order valence-electron chi connectivity index (χ0n) is 13.8. The molecule has 0 spiro atoms. The first-order chi connectivity index (χ1) is 11.5. The maximum Gasteiger partial charge on any atom is 0.416 e. The quantitative estimate of drug-likeness (QED) is 0.824. The first-order valence-corrected chi connectivity index (χ1v) is 9.21. The molecule has 1 heterocycles. The van der Waals surface area contributed by atoms with E-state index in [-0.39, 0.29) is 6.04 Å². The van der Waals surface area contributed by atoms with Gasteiger partial charge in [-0.3, -0.25) is 4.79 Å². The maximum absolute atomic E-state index is 12.7. The van der Waals surface area contributed by atoms with Crippen LogP contribution in [0.15, 0.2) is 29.2 Å². The summed E-state index contributed by atoms with van der Waals surface area (Å²) >= 11 is 0. The van der Waals surface area contributed by atoms with Crippen molar-refractivity contribution in [2.75, 3.05) is 19.6 Å². The molecule has 2 rings (SSSR count). The van der Waals surface area contributed by atoms with Crippen LogP contribution >= 0.6 is 0 Å². The van der Waals surface area contributed by atoms with E-state index in [9.17, 15) is 26.4 Å². The maximum atomic E-state index is 12.7. The molecule has 2 atom stereocenters. The third-order valence-electron chi connectivity index (χ3n) is 3.85. The summed E-state index contributed by atoms with van der Waals surface area (Å²) in [6.07, 6.45) is -4.65. The molecule has 1 aromatic carbocycles. The zero-order valence-corrected chi connectivity index (χ0v) is 14.6. The molecule has 0 aromatic heterocycles. The van der Waals surface area contributed by atoms with Gasteiger partial charge in [-0.25, -0.2) is 8.42 Å². The SMILES string of the molecule is CC(NS(=O)(=O)c1cccc(C(F)(F)F)c1)C(=O)N1CCN[C@H](C)C1. The summed E-state index contributed by atoms with van der Waals surface area (Å²) in [5.41, 5.74) is -1.06. The summed E-state index contributed by atoms with van der Waals surface area (Å²) in [7, 11) is -4.25. The zero-order chi connectivity index (χ0) is 18.8. The molecule has 1 unspecified atom stereocenters. The second kappa shape index (κ2) is 7.30. The van der Waals surface area contributed by atoms with Crippen LogP contribution in [0.4, 0.5) is 13.2 Å². The average molecular weight is 379 g/mol. The van der Waals surface area contributed by atoms with Crippen molar-refractivity contribution >= 4 is 15.9 Å². The Morgan fingerprint density at radius 1 is 1.40 bits per heavy atom. The summed E-state index contributed by atoms with van der Waals surface area (Å²) < 4.78 is 65.0. The Hall–Kier alpha value is -1.65. The topological polar surface area (TPSA) is 78.5 Å². The molecule has 0 bridgehead atoms. The Balaban J connectivity index is 2.14. The van der Waals surface area contributed by atoms with Crippen LogP contribution < -0.4 is 10.0 Å². The monoisotopic (exact) mass is 379 g/mol. The van der Waals surface area contributed by atoms with E-state index in [0.29, 0.717) is 25.7 Å². The van der Waals surface area contributed by atoms with Crippen LogP contribution in [0, 0.1) is 0 Å². The van der Waals surface area contributed by atoms with Gasteiger partial charge in [0.1, 0.15) is 0 Å². The summed E-state index contributed by atoms with van der Waals surface area (Å²) in [6.45, 7) is 4.75. The van der Waals surface area contributed by atoms with Gasteiger partial charge in [0, 0.05) is 25.7 Å². The lowest BCUT2D eigenvalue weighted by molar-refractivity contribution is -0.137. The molecule has 1 aliphatic rings. The lowest BCUT2D eigenvalue weighted by Gasteiger charge is -2.33. The number of alkyl halides is 3. The van der Waals surface area contributed by atoms with E-state index in [2.05, 4.69) is 10.0 Å². The molecule has 1 saturated heterocycles. The Morgan fingerprint density at radius 2 is 2.08 bits per heavy atom. The highest BCUT2D eigenvalue weighted by molar-refractivity contribution is 7.89. The summed E-state index contributed by atoms with van der Waals surface area (Å²) in [4.78, 5) is 13.4. The van der Waals surface area contributed by atoms with Gasteiger partial charge in [0.25, 0.3) is 0 Å². The van der Waals surface area contributed by atoms with Gasteiger partial charge in [-0.2, -0.15) is 17.9 Å².